The zero-order valence-electron chi connectivity index (χ0n) is 14.9. The molecule has 0 saturated carbocycles. The van der Waals surface area contributed by atoms with Crippen LogP contribution in [0.1, 0.15) is 24.1 Å². The zero-order valence-corrected chi connectivity index (χ0v) is 14.9. The fraction of sp³-hybridized carbons (Fsp3) is 0.286. The van der Waals surface area contributed by atoms with Gasteiger partial charge in [-0.2, -0.15) is 0 Å². The van der Waals surface area contributed by atoms with Gasteiger partial charge in [0.2, 0.25) is 5.91 Å². The first-order valence-electron chi connectivity index (χ1n) is 8.40. The Morgan fingerprint density at radius 3 is 2.40 bits per heavy atom. The second-order valence-electron chi connectivity index (χ2n) is 6.08. The van der Waals surface area contributed by atoms with Crippen molar-refractivity contribution in [1.29, 1.82) is 0 Å². The quantitative estimate of drug-likeness (QED) is 0.749. The van der Waals surface area contributed by atoms with E-state index in [4.69, 9.17) is 10.5 Å². The minimum Gasteiger partial charge on any atom is -0.497 e. The first-order valence-corrected chi connectivity index (χ1v) is 8.40. The number of amides is 1. The van der Waals surface area contributed by atoms with Gasteiger partial charge in [-0.3, -0.25) is 4.79 Å². The number of ether oxygens (including phenoxy) is 1. The predicted molar refractivity (Wildman–Crippen MR) is 101 cm³/mol. The van der Waals surface area contributed by atoms with Crippen molar-refractivity contribution in [3.8, 4) is 5.75 Å². The Morgan fingerprint density at radius 1 is 1.20 bits per heavy atom. The van der Waals surface area contributed by atoms with E-state index in [0.29, 0.717) is 13.1 Å². The lowest BCUT2D eigenvalue weighted by molar-refractivity contribution is -0.135. The average Bonchev–Trinajstić information content (AvgIpc) is 2.67. The van der Waals surface area contributed by atoms with Gasteiger partial charge in [-0.05, 0) is 23.3 Å². The highest BCUT2D eigenvalue weighted by atomic mass is 16.5. The number of hydrogen-bond donors (Lipinski definition) is 1. The second-order valence-corrected chi connectivity index (χ2v) is 6.08. The van der Waals surface area contributed by atoms with E-state index >= 15 is 0 Å². The fourth-order valence-corrected chi connectivity index (χ4v) is 2.75. The summed E-state index contributed by atoms with van der Waals surface area (Å²) in [5, 5.41) is 0. The van der Waals surface area contributed by atoms with Crippen LogP contribution in [0.15, 0.2) is 67.3 Å². The molecule has 0 spiro atoms. The van der Waals surface area contributed by atoms with Crippen LogP contribution < -0.4 is 10.5 Å². The predicted octanol–water partition coefficient (Wildman–Crippen LogP) is 3.55. The van der Waals surface area contributed by atoms with Gasteiger partial charge in [0, 0.05) is 19.1 Å². The summed E-state index contributed by atoms with van der Waals surface area (Å²) < 4.78 is 5.17. The molecule has 0 bridgehead atoms. The summed E-state index contributed by atoms with van der Waals surface area (Å²) in [4.78, 5) is 14.7. The first kappa shape index (κ1) is 18.7. The molecule has 132 valence electrons. The number of benzene rings is 2. The van der Waals surface area contributed by atoms with Gasteiger partial charge < -0.3 is 15.4 Å². The lowest BCUT2D eigenvalue weighted by Crippen LogP contribution is -2.39. The standard InChI is InChI=1S/C21H26N2O2/c1-4-14-23(15-17-10-12-19(25-3)13-11-17)21(24)16(2)20(22)18-8-6-5-7-9-18/h4-13,16,20H,1,14-15,22H2,2-3H3. The van der Waals surface area contributed by atoms with E-state index < -0.39 is 0 Å². The monoisotopic (exact) mass is 338 g/mol. The molecule has 0 heterocycles. The van der Waals surface area contributed by atoms with E-state index in [-0.39, 0.29) is 17.9 Å². The molecular weight excluding hydrogens is 312 g/mol. The Kier molecular flexibility index (Phi) is 6.78. The summed E-state index contributed by atoms with van der Waals surface area (Å²) in [6, 6.07) is 17.1. The van der Waals surface area contributed by atoms with E-state index in [9.17, 15) is 4.79 Å². The number of nitrogens with zero attached hydrogens (tertiary/aromatic N) is 1. The summed E-state index contributed by atoms with van der Waals surface area (Å²) in [7, 11) is 1.63. The molecule has 1 amide bonds. The molecule has 0 saturated heterocycles. The van der Waals surface area contributed by atoms with Crippen molar-refractivity contribution < 1.29 is 9.53 Å². The average molecular weight is 338 g/mol. The normalized spacial score (nSPS) is 12.9. The number of nitrogens with two attached hydrogens (primary N) is 1. The summed E-state index contributed by atoms with van der Waals surface area (Å²) in [6.45, 7) is 6.65. The van der Waals surface area contributed by atoms with Crippen LogP contribution in [-0.4, -0.2) is 24.5 Å². The van der Waals surface area contributed by atoms with Crippen molar-refractivity contribution in [1.82, 2.24) is 4.90 Å². The van der Waals surface area contributed by atoms with Crippen LogP contribution in [0.4, 0.5) is 0 Å². The molecule has 2 N–H and O–H groups in total. The van der Waals surface area contributed by atoms with Gasteiger partial charge >= 0.3 is 0 Å². The number of hydrogen-bond acceptors (Lipinski definition) is 3. The van der Waals surface area contributed by atoms with Gasteiger partial charge in [-0.15, -0.1) is 6.58 Å². The van der Waals surface area contributed by atoms with Crippen molar-refractivity contribution in [3.63, 3.8) is 0 Å². The van der Waals surface area contributed by atoms with E-state index in [1.165, 1.54) is 0 Å². The Balaban J connectivity index is 2.11. The number of carbonyl (C=O) groups is 1. The number of carbonyl (C=O) groups excluding carboxylic acids is 1. The summed E-state index contributed by atoms with van der Waals surface area (Å²) in [6.07, 6.45) is 1.74. The number of methoxy groups -OCH3 is 1. The molecule has 0 aliphatic heterocycles. The summed E-state index contributed by atoms with van der Waals surface area (Å²) >= 11 is 0. The maximum atomic E-state index is 12.9. The number of rotatable bonds is 8. The van der Waals surface area contributed by atoms with Crippen molar-refractivity contribution in [3.05, 3.63) is 78.4 Å². The highest BCUT2D eigenvalue weighted by molar-refractivity contribution is 5.79. The Hall–Kier alpha value is -2.59. The van der Waals surface area contributed by atoms with Crippen molar-refractivity contribution in [2.24, 2.45) is 11.7 Å². The second kappa shape index (κ2) is 9.04. The van der Waals surface area contributed by atoms with Crippen LogP contribution in [0.5, 0.6) is 5.75 Å². The molecular formula is C21H26N2O2. The van der Waals surface area contributed by atoms with Crippen molar-refractivity contribution in [2.75, 3.05) is 13.7 Å². The molecule has 4 heteroatoms. The molecule has 4 nitrogen and oxygen atoms in total. The zero-order chi connectivity index (χ0) is 18.2. The summed E-state index contributed by atoms with van der Waals surface area (Å²) in [5.74, 6) is 0.498. The van der Waals surface area contributed by atoms with Crippen LogP contribution in [-0.2, 0) is 11.3 Å². The van der Waals surface area contributed by atoms with Crippen LogP contribution in [0.25, 0.3) is 0 Å². The minimum absolute atomic E-state index is 0.0204. The molecule has 0 radical (unpaired) electrons. The fourth-order valence-electron chi connectivity index (χ4n) is 2.75. The first-order chi connectivity index (χ1) is 12.1. The molecule has 0 aliphatic rings. The van der Waals surface area contributed by atoms with Gasteiger partial charge in [-0.25, -0.2) is 0 Å². The van der Waals surface area contributed by atoms with E-state index in [0.717, 1.165) is 16.9 Å². The topological polar surface area (TPSA) is 55.6 Å². The molecule has 0 aliphatic carbocycles. The van der Waals surface area contributed by atoms with Crippen molar-refractivity contribution >= 4 is 5.91 Å². The smallest absolute Gasteiger partial charge is 0.227 e. The third-order valence-corrected chi connectivity index (χ3v) is 4.31. The third kappa shape index (κ3) is 4.94. The van der Waals surface area contributed by atoms with Gasteiger partial charge in [0.05, 0.1) is 13.0 Å². The highest BCUT2D eigenvalue weighted by Crippen LogP contribution is 2.22. The maximum Gasteiger partial charge on any atom is 0.227 e. The molecule has 2 aromatic rings. The summed E-state index contributed by atoms with van der Waals surface area (Å²) in [5.41, 5.74) is 8.32. The molecule has 2 rings (SSSR count). The van der Waals surface area contributed by atoms with E-state index in [2.05, 4.69) is 6.58 Å². The largest absolute Gasteiger partial charge is 0.497 e. The molecule has 2 aromatic carbocycles. The Labute approximate surface area is 149 Å². The van der Waals surface area contributed by atoms with Crippen LogP contribution >= 0.6 is 0 Å². The molecule has 25 heavy (non-hydrogen) atoms. The van der Waals surface area contributed by atoms with Gasteiger partial charge in [0.25, 0.3) is 0 Å². The Morgan fingerprint density at radius 2 is 1.84 bits per heavy atom. The minimum atomic E-state index is -0.336. The molecule has 0 fully saturated rings. The van der Waals surface area contributed by atoms with Gasteiger partial charge in [0.1, 0.15) is 5.75 Å². The SMILES string of the molecule is C=CCN(Cc1ccc(OC)cc1)C(=O)C(C)C(N)c1ccccc1. The lowest BCUT2D eigenvalue weighted by atomic mass is 9.94. The van der Waals surface area contributed by atoms with Gasteiger partial charge in [-0.1, -0.05) is 55.5 Å². The van der Waals surface area contributed by atoms with Crippen LogP contribution in [0, 0.1) is 5.92 Å². The molecule has 0 aromatic heterocycles. The van der Waals surface area contributed by atoms with Crippen LogP contribution in [0.3, 0.4) is 0 Å². The van der Waals surface area contributed by atoms with Gasteiger partial charge in [0.15, 0.2) is 0 Å². The van der Waals surface area contributed by atoms with Crippen molar-refractivity contribution in [2.45, 2.75) is 19.5 Å². The maximum absolute atomic E-state index is 12.9. The lowest BCUT2D eigenvalue weighted by Gasteiger charge is -2.28. The highest BCUT2D eigenvalue weighted by Gasteiger charge is 2.26. The van der Waals surface area contributed by atoms with Crippen LogP contribution in [0.2, 0.25) is 0 Å². The Bertz CT molecular complexity index is 683. The van der Waals surface area contributed by atoms with E-state index in [1.807, 2.05) is 61.5 Å². The third-order valence-electron chi connectivity index (χ3n) is 4.31. The molecule has 2 atom stereocenters. The van der Waals surface area contributed by atoms with E-state index in [1.54, 1.807) is 18.1 Å². The molecule has 2 unspecified atom stereocenters.